The first-order chi connectivity index (χ1) is 20.6. The highest BCUT2D eigenvalue weighted by Gasteiger charge is 2.67. The number of benzene rings is 1. The molecule has 2 rings (SSSR count). The SMILES string of the molecule is CCCCOCCCCOc1cnc(-c2ccc(OCCCOCC(F)(F)OC(F)(F)C(F)(F)OC(F)(F)F)c(F)c2)nc1. The topological polar surface area (TPSA) is 81.2 Å². The molecule has 18 heteroatoms. The Hall–Kier alpha value is -2.96. The second-order valence-corrected chi connectivity index (χ2v) is 8.98. The fourth-order valence-electron chi connectivity index (χ4n) is 3.16. The van der Waals surface area contributed by atoms with Crippen LogP contribution in [0.1, 0.15) is 39.0 Å². The predicted molar refractivity (Wildman–Crippen MR) is 132 cm³/mol. The Morgan fingerprint density at radius 2 is 1.27 bits per heavy atom. The fraction of sp³-hybridized carbons (Fsp3) is 0.615. The summed E-state index contributed by atoms with van der Waals surface area (Å²) in [4.78, 5) is 8.27. The van der Waals surface area contributed by atoms with Crippen LogP contribution in [0.2, 0.25) is 0 Å². The Morgan fingerprint density at radius 1 is 0.682 bits per heavy atom. The molecule has 0 aliphatic heterocycles. The molecule has 0 saturated heterocycles. The normalized spacial score (nSPS) is 12.9. The summed E-state index contributed by atoms with van der Waals surface area (Å²) in [5.41, 5.74) is 0.305. The summed E-state index contributed by atoms with van der Waals surface area (Å²) in [6.07, 6.45) is -17.8. The summed E-state index contributed by atoms with van der Waals surface area (Å²) < 4.78 is 154. The molecule has 1 heterocycles. The Morgan fingerprint density at radius 3 is 1.91 bits per heavy atom. The second-order valence-electron chi connectivity index (χ2n) is 8.98. The summed E-state index contributed by atoms with van der Waals surface area (Å²) >= 11 is 0. The third-order valence-corrected chi connectivity index (χ3v) is 5.23. The van der Waals surface area contributed by atoms with Crippen molar-refractivity contribution in [2.45, 2.75) is 63.7 Å². The number of aromatic nitrogens is 2. The van der Waals surface area contributed by atoms with Crippen LogP contribution in [-0.4, -0.2) is 74.3 Å². The van der Waals surface area contributed by atoms with Crippen molar-refractivity contribution in [3.63, 3.8) is 0 Å². The summed E-state index contributed by atoms with van der Waals surface area (Å²) in [7, 11) is 0. The molecular weight excluding hydrogens is 626 g/mol. The zero-order chi connectivity index (χ0) is 32.9. The van der Waals surface area contributed by atoms with E-state index in [2.05, 4.69) is 26.4 Å². The largest absolute Gasteiger partial charge is 0.527 e. The van der Waals surface area contributed by atoms with E-state index in [1.807, 2.05) is 4.74 Å². The van der Waals surface area contributed by atoms with E-state index >= 15 is 0 Å². The second kappa shape index (κ2) is 16.9. The van der Waals surface area contributed by atoms with Crippen LogP contribution in [0.5, 0.6) is 11.5 Å². The Labute approximate surface area is 245 Å². The maximum atomic E-state index is 14.5. The molecule has 0 spiro atoms. The molecule has 8 nitrogen and oxygen atoms in total. The Kier molecular flexibility index (Phi) is 14.3. The van der Waals surface area contributed by atoms with Crippen molar-refractivity contribution in [1.29, 1.82) is 0 Å². The van der Waals surface area contributed by atoms with Crippen molar-refractivity contribution in [3.8, 4) is 22.9 Å². The van der Waals surface area contributed by atoms with E-state index in [4.69, 9.17) is 14.2 Å². The molecule has 0 atom stereocenters. The van der Waals surface area contributed by atoms with E-state index in [0.29, 0.717) is 24.5 Å². The predicted octanol–water partition coefficient (Wildman–Crippen LogP) is 7.38. The molecular formula is C26H30F10N2O6. The number of rotatable bonds is 21. The van der Waals surface area contributed by atoms with Crippen LogP contribution in [0, 0.1) is 5.82 Å². The van der Waals surface area contributed by atoms with Gasteiger partial charge in [0.2, 0.25) is 0 Å². The van der Waals surface area contributed by atoms with Crippen LogP contribution >= 0.6 is 0 Å². The van der Waals surface area contributed by atoms with Crippen molar-refractivity contribution in [2.24, 2.45) is 0 Å². The zero-order valence-corrected chi connectivity index (χ0v) is 23.3. The summed E-state index contributed by atoms with van der Waals surface area (Å²) in [5.74, 6) is -0.447. The molecule has 0 N–H and O–H groups in total. The fourth-order valence-corrected chi connectivity index (χ4v) is 3.16. The van der Waals surface area contributed by atoms with E-state index in [1.54, 1.807) is 0 Å². The van der Waals surface area contributed by atoms with Crippen molar-refractivity contribution >= 4 is 0 Å². The monoisotopic (exact) mass is 656 g/mol. The third-order valence-electron chi connectivity index (χ3n) is 5.23. The maximum Gasteiger partial charge on any atom is 0.527 e. The van der Waals surface area contributed by atoms with E-state index < -0.39 is 43.7 Å². The highest BCUT2D eigenvalue weighted by Crippen LogP contribution is 2.43. The minimum absolute atomic E-state index is 0.192. The third kappa shape index (κ3) is 13.4. The highest BCUT2D eigenvalue weighted by atomic mass is 19.4. The number of ether oxygens (including phenoxy) is 6. The van der Waals surface area contributed by atoms with Crippen LogP contribution in [0.15, 0.2) is 30.6 Å². The molecule has 0 saturated carbocycles. The van der Waals surface area contributed by atoms with Gasteiger partial charge >= 0.3 is 24.7 Å². The van der Waals surface area contributed by atoms with Gasteiger partial charge in [-0.3, -0.25) is 0 Å². The maximum absolute atomic E-state index is 14.5. The van der Waals surface area contributed by atoms with E-state index in [-0.39, 0.29) is 24.6 Å². The minimum atomic E-state index is -6.45. The molecule has 250 valence electrons. The molecule has 0 unspecified atom stereocenters. The summed E-state index contributed by atoms with van der Waals surface area (Å²) in [6, 6.07) is 3.77. The Balaban J connectivity index is 1.72. The van der Waals surface area contributed by atoms with Gasteiger partial charge in [0.25, 0.3) is 0 Å². The number of halogens is 10. The van der Waals surface area contributed by atoms with Gasteiger partial charge in [-0.05, 0) is 37.5 Å². The van der Waals surface area contributed by atoms with E-state index in [9.17, 15) is 43.9 Å². The van der Waals surface area contributed by atoms with Crippen LogP contribution in [0.3, 0.4) is 0 Å². The number of nitrogens with zero attached hydrogens (tertiary/aromatic N) is 2. The Bertz CT molecular complexity index is 1120. The smallest absolute Gasteiger partial charge is 0.490 e. The van der Waals surface area contributed by atoms with Gasteiger partial charge in [0.15, 0.2) is 23.1 Å². The molecule has 0 radical (unpaired) electrons. The van der Waals surface area contributed by atoms with Crippen molar-refractivity contribution in [1.82, 2.24) is 9.97 Å². The number of unbranched alkanes of at least 4 members (excludes halogenated alkanes) is 2. The average Bonchev–Trinajstić information content (AvgIpc) is 2.91. The first kappa shape index (κ1) is 37.2. The zero-order valence-electron chi connectivity index (χ0n) is 23.3. The van der Waals surface area contributed by atoms with Gasteiger partial charge in [-0.25, -0.2) is 23.8 Å². The molecule has 0 aliphatic carbocycles. The molecule has 0 fully saturated rings. The van der Waals surface area contributed by atoms with E-state index in [1.165, 1.54) is 24.5 Å². The quantitative estimate of drug-likeness (QED) is 0.102. The van der Waals surface area contributed by atoms with Crippen LogP contribution < -0.4 is 9.47 Å². The molecule has 2 aromatic rings. The van der Waals surface area contributed by atoms with Crippen molar-refractivity contribution in [2.75, 3.05) is 39.6 Å². The van der Waals surface area contributed by atoms with Gasteiger partial charge in [-0.2, -0.15) is 26.3 Å². The van der Waals surface area contributed by atoms with Gasteiger partial charge in [-0.15, -0.1) is 13.2 Å². The van der Waals surface area contributed by atoms with Crippen LogP contribution in [0.25, 0.3) is 11.4 Å². The van der Waals surface area contributed by atoms with E-state index in [0.717, 1.165) is 38.4 Å². The number of alkyl halides is 9. The lowest BCUT2D eigenvalue weighted by Gasteiger charge is -2.29. The van der Waals surface area contributed by atoms with Gasteiger partial charge in [0.05, 0.1) is 32.2 Å². The van der Waals surface area contributed by atoms with Gasteiger partial charge in [-0.1, -0.05) is 13.3 Å². The highest BCUT2D eigenvalue weighted by molar-refractivity contribution is 5.56. The van der Waals surface area contributed by atoms with Crippen LogP contribution in [0.4, 0.5) is 43.9 Å². The van der Waals surface area contributed by atoms with Gasteiger partial charge in [0.1, 0.15) is 6.61 Å². The molecule has 0 aliphatic rings. The first-order valence-corrected chi connectivity index (χ1v) is 13.2. The number of hydrogen-bond acceptors (Lipinski definition) is 8. The average molecular weight is 657 g/mol. The number of hydrogen-bond donors (Lipinski definition) is 0. The summed E-state index contributed by atoms with van der Waals surface area (Å²) in [5, 5.41) is 0. The van der Waals surface area contributed by atoms with Crippen molar-refractivity contribution < 1.29 is 72.3 Å². The lowest BCUT2D eigenvalue weighted by molar-refractivity contribution is -0.530. The standard InChI is InChI=1S/C26H30F10N2O6/c1-2-3-9-39-10-4-5-12-41-19-15-37-22(38-16-19)18-7-8-21(20(27)14-18)42-13-6-11-40-17-23(28,29)43-24(30,31)25(32,33)44-26(34,35)36/h7-8,14-16H,2-6,9-13,17H2,1H3. The molecule has 1 aromatic carbocycles. The molecule has 44 heavy (non-hydrogen) atoms. The molecule has 0 bridgehead atoms. The lowest BCUT2D eigenvalue weighted by atomic mass is 10.2. The summed E-state index contributed by atoms with van der Waals surface area (Å²) in [6.45, 7) is 0.942. The van der Waals surface area contributed by atoms with Crippen LogP contribution in [-0.2, 0) is 18.9 Å². The van der Waals surface area contributed by atoms with Crippen molar-refractivity contribution in [3.05, 3.63) is 36.4 Å². The molecule has 1 aromatic heterocycles. The minimum Gasteiger partial charge on any atom is -0.490 e. The van der Waals surface area contributed by atoms with Gasteiger partial charge in [0, 0.05) is 25.2 Å². The first-order valence-electron chi connectivity index (χ1n) is 13.2. The molecule has 0 amide bonds. The lowest BCUT2D eigenvalue weighted by Crippen LogP contribution is -2.51. The van der Waals surface area contributed by atoms with Gasteiger partial charge < -0.3 is 18.9 Å².